The minimum Gasteiger partial charge on any atom is -0.595 e. The largest absolute Gasteiger partial charge is 0.595 e. The van der Waals surface area contributed by atoms with Crippen molar-refractivity contribution in [3.8, 4) is 28.3 Å². The summed E-state index contributed by atoms with van der Waals surface area (Å²) in [5.74, 6) is 2.07. The van der Waals surface area contributed by atoms with Crippen LogP contribution in [0.25, 0.3) is 22.6 Å². The van der Waals surface area contributed by atoms with E-state index >= 15 is 0 Å². The van der Waals surface area contributed by atoms with Crippen molar-refractivity contribution in [1.29, 1.82) is 0 Å². The molecule has 0 amide bonds. The second-order valence-electron chi connectivity index (χ2n) is 6.00. The van der Waals surface area contributed by atoms with Crippen LogP contribution >= 0.6 is 0 Å². The SMILES string of the molecule is COc1ccc(-c2onc(-c3ccc([NH+]([O-])O)cc3)c2C2=NCCN2)cc1. The molecule has 0 saturated heterocycles. The van der Waals surface area contributed by atoms with E-state index in [1.54, 1.807) is 31.4 Å². The molecule has 1 unspecified atom stereocenters. The van der Waals surface area contributed by atoms with E-state index < -0.39 is 5.23 Å². The van der Waals surface area contributed by atoms with Gasteiger partial charge in [-0.15, -0.1) is 0 Å². The number of amidine groups is 1. The molecule has 1 aliphatic rings. The number of aromatic nitrogens is 1. The fourth-order valence-electron chi connectivity index (χ4n) is 2.98. The molecule has 1 atom stereocenters. The average molecular weight is 366 g/mol. The van der Waals surface area contributed by atoms with Crippen molar-refractivity contribution < 1.29 is 19.7 Å². The number of rotatable bonds is 5. The van der Waals surface area contributed by atoms with Gasteiger partial charge in [0.25, 0.3) is 0 Å². The van der Waals surface area contributed by atoms with Crippen LogP contribution < -0.4 is 15.3 Å². The molecule has 8 heteroatoms. The highest BCUT2D eigenvalue weighted by molar-refractivity contribution is 6.08. The normalized spacial score (nSPS) is 14.6. The van der Waals surface area contributed by atoms with Gasteiger partial charge in [-0.05, 0) is 36.4 Å². The third kappa shape index (κ3) is 3.28. The number of hydrogen-bond donors (Lipinski definition) is 3. The van der Waals surface area contributed by atoms with Crippen LogP contribution in [0.5, 0.6) is 5.75 Å². The minimum absolute atomic E-state index is 0.218. The number of methoxy groups -OCH3 is 1. The molecular formula is C19H18N4O4. The topological polar surface area (TPSA) is 107 Å². The molecule has 0 bridgehead atoms. The maximum Gasteiger partial charge on any atom is 0.178 e. The fraction of sp³-hybridized carbons (Fsp3) is 0.158. The molecule has 1 aromatic heterocycles. The monoisotopic (exact) mass is 366 g/mol. The molecule has 27 heavy (non-hydrogen) atoms. The van der Waals surface area contributed by atoms with Gasteiger partial charge in [-0.25, -0.2) is 5.21 Å². The lowest BCUT2D eigenvalue weighted by Crippen LogP contribution is -2.99. The maximum atomic E-state index is 11.1. The van der Waals surface area contributed by atoms with Crippen molar-refractivity contribution >= 4 is 11.5 Å². The lowest BCUT2D eigenvalue weighted by Gasteiger charge is -2.11. The number of nitrogens with zero attached hydrogens (tertiary/aromatic N) is 2. The summed E-state index contributed by atoms with van der Waals surface area (Å²) in [6.07, 6.45) is 0. The summed E-state index contributed by atoms with van der Waals surface area (Å²) < 4.78 is 10.9. The van der Waals surface area contributed by atoms with E-state index in [-0.39, 0.29) is 5.69 Å². The number of benzene rings is 2. The molecule has 0 saturated carbocycles. The number of hydrogen-bond acceptors (Lipinski definition) is 7. The highest BCUT2D eigenvalue weighted by Crippen LogP contribution is 2.34. The molecule has 3 aromatic rings. The zero-order valence-electron chi connectivity index (χ0n) is 14.6. The number of quaternary nitrogens is 1. The van der Waals surface area contributed by atoms with Gasteiger partial charge < -0.3 is 19.8 Å². The summed E-state index contributed by atoms with van der Waals surface area (Å²) in [7, 11) is 1.62. The van der Waals surface area contributed by atoms with Gasteiger partial charge >= 0.3 is 0 Å². The highest BCUT2D eigenvalue weighted by Gasteiger charge is 2.25. The summed E-state index contributed by atoms with van der Waals surface area (Å²) in [5.41, 5.74) is 3.21. The number of nitrogens with one attached hydrogen (secondary N) is 2. The molecular weight excluding hydrogens is 348 g/mol. The predicted octanol–water partition coefficient (Wildman–Crippen LogP) is 1.77. The standard InChI is InChI=1S/C19H18N4O4/c1-26-15-8-4-13(5-9-15)18-16(19-20-10-11-21-19)17(22-27-18)12-2-6-14(7-3-12)23(24)25/h2-9,23-24H,10-11H2,1H3,(H,20,21). The molecule has 138 valence electrons. The third-order valence-electron chi connectivity index (χ3n) is 4.36. The van der Waals surface area contributed by atoms with Crippen LogP contribution in [-0.4, -0.2) is 36.4 Å². The van der Waals surface area contributed by atoms with Crippen LogP contribution in [0, 0.1) is 5.21 Å². The molecule has 0 fully saturated rings. The van der Waals surface area contributed by atoms with Crippen LogP contribution in [0.1, 0.15) is 5.56 Å². The average Bonchev–Trinajstić information content (AvgIpc) is 3.37. The van der Waals surface area contributed by atoms with Crippen molar-refractivity contribution in [3.05, 3.63) is 59.3 Å². The Hall–Kier alpha value is -3.20. The quantitative estimate of drug-likeness (QED) is 0.594. The molecule has 1 aliphatic heterocycles. The van der Waals surface area contributed by atoms with Crippen LogP contribution in [0.2, 0.25) is 0 Å². The molecule has 4 rings (SSSR count). The molecule has 0 radical (unpaired) electrons. The van der Waals surface area contributed by atoms with Gasteiger partial charge in [0, 0.05) is 29.8 Å². The van der Waals surface area contributed by atoms with Gasteiger partial charge in [-0.3, -0.25) is 4.99 Å². The fourth-order valence-corrected chi connectivity index (χ4v) is 2.98. The second kappa shape index (κ2) is 7.20. The summed E-state index contributed by atoms with van der Waals surface area (Å²) in [4.78, 5) is 4.52. The van der Waals surface area contributed by atoms with Crippen molar-refractivity contribution in [3.63, 3.8) is 0 Å². The van der Waals surface area contributed by atoms with Gasteiger partial charge in [0.15, 0.2) is 11.4 Å². The van der Waals surface area contributed by atoms with E-state index in [0.717, 1.165) is 34.8 Å². The predicted molar refractivity (Wildman–Crippen MR) is 99.1 cm³/mol. The first-order valence-corrected chi connectivity index (χ1v) is 8.44. The van der Waals surface area contributed by atoms with Crippen molar-refractivity contribution in [2.75, 3.05) is 20.2 Å². The molecule has 8 nitrogen and oxygen atoms in total. The highest BCUT2D eigenvalue weighted by atomic mass is 16.8. The molecule has 2 aromatic carbocycles. The first-order chi connectivity index (χ1) is 13.2. The van der Waals surface area contributed by atoms with E-state index in [1.165, 1.54) is 0 Å². The summed E-state index contributed by atoms with van der Waals surface area (Å²) >= 11 is 0. The van der Waals surface area contributed by atoms with E-state index in [1.807, 2.05) is 24.3 Å². The van der Waals surface area contributed by atoms with Crippen LogP contribution in [0.3, 0.4) is 0 Å². The Morgan fingerprint density at radius 1 is 1.11 bits per heavy atom. The van der Waals surface area contributed by atoms with Crippen LogP contribution in [0.15, 0.2) is 58.0 Å². The summed E-state index contributed by atoms with van der Waals surface area (Å²) in [6.45, 7) is 1.43. The molecule has 3 N–H and O–H groups in total. The number of aliphatic imine (C=N–C) groups is 1. The Morgan fingerprint density at radius 3 is 2.41 bits per heavy atom. The van der Waals surface area contributed by atoms with Gasteiger partial charge in [-0.1, -0.05) is 5.16 Å². The third-order valence-corrected chi connectivity index (χ3v) is 4.36. The van der Waals surface area contributed by atoms with Crippen molar-refractivity contribution in [1.82, 2.24) is 10.5 Å². The lowest BCUT2D eigenvalue weighted by atomic mass is 10.0. The Labute approximate surface area is 155 Å². The van der Waals surface area contributed by atoms with Gasteiger partial charge in [0.05, 0.1) is 19.2 Å². The first-order valence-electron chi connectivity index (χ1n) is 8.44. The Bertz CT molecular complexity index is 962. The molecule has 2 heterocycles. The van der Waals surface area contributed by atoms with E-state index in [2.05, 4.69) is 15.5 Å². The first kappa shape index (κ1) is 17.2. The van der Waals surface area contributed by atoms with Gasteiger partial charge in [0.2, 0.25) is 0 Å². The van der Waals surface area contributed by atoms with E-state index in [0.29, 0.717) is 18.0 Å². The van der Waals surface area contributed by atoms with Crippen LogP contribution in [0.4, 0.5) is 5.69 Å². The van der Waals surface area contributed by atoms with Gasteiger partial charge in [0.1, 0.15) is 17.3 Å². The summed E-state index contributed by atoms with van der Waals surface area (Å²) in [5, 5.41) is 26.7. The zero-order chi connectivity index (χ0) is 18.8. The van der Waals surface area contributed by atoms with Gasteiger partial charge in [-0.2, -0.15) is 5.23 Å². The number of ether oxygens (including phenoxy) is 1. The molecule has 0 spiro atoms. The second-order valence-corrected chi connectivity index (χ2v) is 6.00. The smallest absolute Gasteiger partial charge is 0.178 e. The van der Waals surface area contributed by atoms with Crippen molar-refractivity contribution in [2.24, 2.45) is 4.99 Å². The Morgan fingerprint density at radius 2 is 1.81 bits per heavy atom. The maximum absolute atomic E-state index is 11.1. The van der Waals surface area contributed by atoms with E-state index in [4.69, 9.17) is 14.5 Å². The zero-order valence-corrected chi connectivity index (χ0v) is 14.6. The van der Waals surface area contributed by atoms with E-state index in [9.17, 15) is 5.21 Å². The summed E-state index contributed by atoms with van der Waals surface area (Å²) in [6, 6.07) is 14.0. The Balaban J connectivity index is 1.81. The Kier molecular flexibility index (Phi) is 4.59. The molecule has 0 aliphatic carbocycles. The minimum atomic E-state index is -0.970. The van der Waals surface area contributed by atoms with Crippen LogP contribution in [-0.2, 0) is 0 Å². The van der Waals surface area contributed by atoms with Crippen molar-refractivity contribution in [2.45, 2.75) is 0 Å². The lowest BCUT2D eigenvalue weighted by molar-refractivity contribution is -0.991.